The van der Waals surface area contributed by atoms with Crippen molar-refractivity contribution < 1.29 is 22.7 Å². The zero-order chi connectivity index (χ0) is 25.6. The summed E-state index contributed by atoms with van der Waals surface area (Å²) in [7, 11) is -0.954. The molecule has 0 bridgehead atoms. The van der Waals surface area contributed by atoms with Crippen LogP contribution in [-0.2, 0) is 14.8 Å². The molecule has 3 rings (SSSR count). The van der Waals surface area contributed by atoms with Crippen molar-refractivity contribution in [2.75, 3.05) is 25.1 Å². The van der Waals surface area contributed by atoms with E-state index in [1.807, 2.05) is 19.9 Å². The minimum Gasteiger partial charge on any atom is -0.493 e. The van der Waals surface area contributed by atoms with E-state index in [9.17, 15) is 13.2 Å². The molecule has 1 amide bonds. The first-order chi connectivity index (χ1) is 16.6. The maximum Gasteiger partial charge on any atom is 0.264 e. The Morgan fingerprint density at radius 3 is 2.37 bits per heavy atom. The molecule has 0 spiro atoms. The molecule has 184 valence electrons. The van der Waals surface area contributed by atoms with Gasteiger partial charge < -0.3 is 9.47 Å². The van der Waals surface area contributed by atoms with Gasteiger partial charge >= 0.3 is 0 Å². The lowest BCUT2D eigenvalue weighted by Gasteiger charge is -2.24. The molecule has 35 heavy (non-hydrogen) atoms. The van der Waals surface area contributed by atoms with Crippen LogP contribution in [0.15, 0.2) is 75.1 Å². The average molecular weight is 560 g/mol. The number of aryl methyl sites for hydroxylation is 2. The lowest BCUT2D eigenvalue weighted by molar-refractivity contribution is -0.119. The Kier molecular flexibility index (Phi) is 8.52. The van der Waals surface area contributed by atoms with Crippen LogP contribution in [0, 0.1) is 13.8 Å². The topological polar surface area (TPSA) is 97.3 Å². The molecule has 0 aliphatic carbocycles. The first-order valence-electron chi connectivity index (χ1n) is 10.5. The molecule has 0 saturated carbocycles. The highest BCUT2D eigenvalue weighted by Gasteiger charge is 2.27. The van der Waals surface area contributed by atoms with E-state index in [-0.39, 0.29) is 4.90 Å². The minimum atomic E-state index is -4.00. The Bertz CT molecular complexity index is 1340. The third kappa shape index (κ3) is 6.40. The number of nitrogens with one attached hydrogen (secondary N) is 1. The Balaban J connectivity index is 1.84. The van der Waals surface area contributed by atoms with Crippen LogP contribution < -0.4 is 19.2 Å². The van der Waals surface area contributed by atoms with E-state index in [0.717, 1.165) is 15.4 Å². The fourth-order valence-electron chi connectivity index (χ4n) is 3.29. The van der Waals surface area contributed by atoms with Crippen molar-refractivity contribution in [3.63, 3.8) is 0 Å². The number of carbonyl (C=O) groups excluding carboxylic acids is 1. The molecule has 0 fully saturated rings. The number of amides is 1. The molecule has 3 aromatic carbocycles. The van der Waals surface area contributed by atoms with E-state index in [2.05, 4.69) is 26.5 Å². The number of anilines is 1. The summed E-state index contributed by atoms with van der Waals surface area (Å²) in [4.78, 5) is 12.8. The number of hydrogen-bond donors (Lipinski definition) is 1. The van der Waals surface area contributed by atoms with Gasteiger partial charge in [0.05, 0.1) is 35.5 Å². The highest BCUT2D eigenvalue weighted by atomic mass is 79.9. The molecule has 1 N–H and O–H groups in total. The van der Waals surface area contributed by atoms with Crippen LogP contribution in [0.4, 0.5) is 5.69 Å². The summed E-state index contributed by atoms with van der Waals surface area (Å²) in [6.07, 6.45) is 1.43. The SMILES string of the molecule is COc1cc(/C=N\NC(=O)CN(c2cccc(C)c2)S(=O)(=O)c2ccc(C)cc2)cc(Br)c1OC. The summed E-state index contributed by atoms with van der Waals surface area (Å²) in [5, 5.41) is 3.98. The monoisotopic (exact) mass is 559 g/mol. The molecule has 0 unspecified atom stereocenters. The molecule has 0 heterocycles. The zero-order valence-corrected chi connectivity index (χ0v) is 22.2. The zero-order valence-electron chi connectivity index (χ0n) is 19.8. The number of methoxy groups -OCH3 is 2. The Morgan fingerprint density at radius 1 is 1.03 bits per heavy atom. The van der Waals surface area contributed by atoms with E-state index in [4.69, 9.17) is 9.47 Å². The van der Waals surface area contributed by atoms with E-state index < -0.39 is 22.5 Å². The molecule has 0 atom stereocenters. The van der Waals surface area contributed by atoms with Crippen LogP contribution in [0.5, 0.6) is 11.5 Å². The summed E-state index contributed by atoms with van der Waals surface area (Å²) < 4.78 is 39.2. The lowest BCUT2D eigenvalue weighted by atomic mass is 10.2. The second-order valence-corrected chi connectivity index (χ2v) is 10.4. The van der Waals surface area contributed by atoms with Gasteiger partial charge in [-0.2, -0.15) is 5.10 Å². The van der Waals surface area contributed by atoms with Crippen molar-refractivity contribution in [2.24, 2.45) is 5.10 Å². The minimum absolute atomic E-state index is 0.0936. The molecule has 3 aromatic rings. The summed E-state index contributed by atoms with van der Waals surface area (Å²) in [5.41, 5.74) is 5.22. The van der Waals surface area contributed by atoms with Gasteiger partial charge in [0.25, 0.3) is 15.9 Å². The number of carbonyl (C=O) groups is 1. The van der Waals surface area contributed by atoms with Crippen molar-refractivity contribution in [1.29, 1.82) is 0 Å². The molecule has 0 aromatic heterocycles. The molecule has 0 aliphatic rings. The van der Waals surface area contributed by atoms with Crippen LogP contribution >= 0.6 is 15.9 Å². The van der Waals surface area contributed by atoms with E-state index >= 15 is 0 Å². The maximum absolute atomic E-state index is 13.4. The standard InChI is InChI=1S/C25H26BrN3O5S/c1-17-8-10-21(11-9-17)35(31,32)29(20-7-5-6-18(2)12-20)16-24(30)28-27-15-19-13-22(26)25(34-4)23(14-19)33-3/h5-15H,16H2,1-4H3,(H,28,30)/b27-15-. The van der Waals surface area contributed by atoms with Crippen molar-refractivity contribution in [3.8, 4) is 11.5 Å². The molecular weight excluding hydrogens is 534 g/mol. The normalized spacial score (nSPS) is 11.3. The van der Waals surface area contributed by atoms with Gasteiger partial charge in [0.2, 0.25) is 0 Å². The Morgan fingerprint density at radius 2 is 1.74 bits per heavy atom. The van der Waals surface area contributed by atoms with Crippen LogP contribution in [0.3, 0.4) is 0 Å². The molecule has 10 heteroatoms. The Labute approximate surface area is 213 Å². The van der Waals surface area contributed by atoms with Gasteiger partial charge in [-0.25, -0.2) is 13.8 Å². The van der Waals surface area contributed by atoms with Gasteiger partial charge in [0, 0.05) is 0 Å². The number of hydrogen-bond acceptors (Lipinski definition) is 6. The molecular formula is C25H26BrN3O5S. The molecule has 0 radical (unpaired) electrons. The van der Waals surface area contributed by atoms with Crippen LogP contribution in [0.25, 0.3) is 0 Å². The van der Waals surface area contributed by atoms with E-state index in [1.165, 1.54) is 32.6 Å². The number of rotatable bonds is 9. The van der Waals surface area contributed by atoms with E-state index in [0.29, 0.717) is 27.2 Å². The number of halogens is 1. The summed E-state index contributed by atoms with van der Waals surface area (Å²) in [6.45, 7) is 3.27. The smallest absolute Gasteiger partial charge is 0.264 e. The van der Waals surface area contributed by atoms with Gasteiger partial charge in [-0.05, 0) is 77.3 Å². The van der Waals surface area contributed by atoms with E-state index in [1.54, 1.807) is 42.5 Å². The van der Waals surface area contributed by atoms with Crippen molar-refractivity contribution >= 4 is 43.8 Å². The summed E-state index contributed by atoms with van der Waals surface area (Å²) >= 11 is 3.41. The Hall–Kier alpha value is -3.37. The van der Waals surface area contributed by atoms with Crippen LogP contribution in [0.2, 0.25) is 0 Å². The highest BCUT2D eigenvalue weighted by Crippen LogP contribution is 2.35. The van der Waals surface area contributed by atoms with Crippen molar-refractivity contribution in [1.82, 2.24) is 5.43 Å². The fourth-order valence-corrected chi connectivity index (χ4v) is 5.33. The largest absolute Gasteiger partial charge is 0.493 e. The lowest BCUT2D eigenvalue weighted by Crippen LogP contribution is -2.39. The number of nitrogens with zero attached hydrogens (tertiary/aromatic N) is 2. The van der Waals surface area contributed by atoms with Gasteiger partial charge in [0.1, 0.15) is 6.54 Å². The number of hydrazone groups is 1. The maximum atomic E-state index is 13.4. The first kappa shape index (κ1) is 26.2. The predicted octanol–water partition coefficient (Wildman–Crippen LogP) is 4.43. The molecule has 0 saturated heterocycles. The summed E-state index contributed by atoms with van der Waals surface area (Å²) in [5.74, 6) is 0.422. The highest BCUT2D eigenvalue weighted by molar-refractivity contribution is 9.10. The van der Waals surface area contributed by atoms with Gasteiger partial charge in [-0.15, -0.1) is 0 Å². The predicted molar refractivity (Wildman–Crippen MR) is 140 cm³/mol. The average Bonchev–Trinajstić information content (AvgIpc) is 2.82. The second-order valence-electron chi connectivity index (χ2n) is 7.70. The second kappa shape index (κ2) is 11.4. The summed E-state index contributed by atoms with van der Waals surface area (Å²) in [6, 6.07) is 16.9. The fraction of sp³-hybridized carbons (Fsp3) is 0.200. The molecule has 0 aliphatic heterocycles. The third-order valence-corrected chi connectivity index (χ3v) is 7.42. The first-order valence-corrected chi connectivity index (χ1v) is 12.8. The quantitative estimate of drug-likeness (QED) is 0.309. The van der Waals surface area contributed by atoms with Gasteiger partial charge in [-0.3, -0.25) is 9.10 Å². The number of sulfonamides is 1. The third-order valence-electron chi connectivity index (χ3n) is 5.04. The van der Waals surface area contributed by atoms with Crippen molar-refractivity contribution in [2.45, 2.75) is 18.7 Å². The van der Waals surface area contributed by atoms with Gasteiger partial charge in [0.15, 0.2) is 11.5 Å². The van der Waals surface area contributed by atoms with Crippen LogP contribution in [0.1, 0.15) is 16.7 Å². The number of benzene rings is 3. The van der Waals surface area contributed by atoms with Crippen molar-refractivity contribution in [3.05, 3.63) is 81.8 Å². The number of ether oxygens (including phenoxy) is 2. The molecule has 8 nitrogen and oxygen atoms in total. The van der Waals surface area contributed by atoms with Gasteiger partial charge in [-0.1, -0.05) is 29.8 Å². The van der Waals surface area contributed by atoms with Crippen LogP contribution in [-0.4, -0.2) is 41.3 Å².